The third kappa shape index (κ3) is 3.13. The van der Waals surface area contributed by atoms with Gasteiger partial charge in [0, 0.05) is 31.0 Å². The smallest absolute Gasteiger partial charge is 0.322 e. The van der Waals surface area contributed by atoms with Gasteiger partial charge in [-0.1, -0.05) is 11.6 Å². The molecule has 0 aromatic heterocycles. The molecule has 2 rings (SSSR count). The van der Waals surface area contributed by atoms with Crippen molar-refractivity contribution >= 4 is 41.9 Å². The van der Waals surface area contributed by atoms with Gasteiger partial charge < -0.3 is 10.6 Å². The van der Waals surface area contributed by atoms with E-state index >= 15 is 0 Å². The van der Waals surface area contributed by atoms with E-state index < -0.39 is 0 Å². The Morgan fingerprint density at radius 2 is 2.32 bits per heavy atom. The Morgan fingerprint density at radius 1 is 1.53 bits per heavy atom. The SMILES string of the molecule is O=C(NCCS)c1ccc(Cl)c(N2CCNC2=O)c1. The quantitative estimate of drug-likeness (QED) is 0.738. The van der Waals surface area contributed by atoms with Crippen LogP contribution in [-0.4, -0.2) is 37.3 Å². The summed E-state index contributed by atoms with van der Waals surface area (Å²) in [7, 11) is 0. The standard InChI is InChI=1S/C12H14ClN3O2S/c13-9-2-1-8(11(17)14-4-6-19)7-10(9)16-5-3-15-12(16)18/h1-2,7,19H,3-6H2,(H,14,17)(H,15,18). The molecule has 0 saturated carbocycles. The Bertz CT molecular complexity index is 510. The van der Waals surface area contributed by atoms with Crippen LogP contribution in [0.25, 0.3) is 0 Å². The van der Waals surface area contributed by atoms with Crippen molar-refractivity contribution in [3.8, 4) is 0 Å². The van der Waals surface area contributed by atoms with Crippen LogP contribution in [0.5, 0.6) is 0 Å². The second-order valence-corrected chi connectivity index (χ2v) is 4.88. The molecule has 0 aliphatic carbocycles. The molecule has 1 aliphatic heterocycles. The molecule has 1 saturated heterocycles. The first-order chi connectivity index (χ1) is 9.13. The van der Waals surface area contributed by atoms with Gasteiger partial charge in [-0.15, -0.1) is 0 Å². The lowest BCUT2D eigenvalue weighted by Crippen LogP contribution is -2.29. The van der Waals surface area contributed by atoms with Gasteiger partial charge in [0.05, 0.1) is 10.7 Å². The van der Waals surface area contributed by atoms with Crippen LogP contribution >= 0.6 is 24.2 Å². The summed E-state index contributed by atoms with van der Waals surface area (Å²) >= 11 is 10.1. The number of urea groups is 1. The van der Waals surface area contributed by atoms with E-state index in [1.165, 1.54) is 4.90 Å². The third-order valence-electron chi connectivity index (χ3n) is 2.75. The molecule has 1 fully saturated rings. The zero-order valence-corrected chi connectivity index (χ0v) is 11.8. The van der Waals surface area contributed by atoms with Crippen molar-refractivity contribution in [2.45, 2.75) is 0 Å². The minimum Gasteiger partial charge on any atom is -0.351 e. The zero-order valence-electron chi connectivity index (χ0n) is 10.1. The summed E-state index contributed by atoms with van der Waals surface area (Å²) in [5.74, 6) is 0.368. The third-order valence-corrected chi connectivity index (χ3v) is 3.30. The van der Waals surface area contributed by atoms with Gasteiger partial charge >= 0.3 is 6.03 Å². The number of anilines is 1. The number of halogens is 1. The van der Waals surface area contributed by atoms with E-state index in [1.807, 2.05) is 0 Å². The molecule has 0 radical (unpaired) electrons. The summed E-state index contributed by atoms with van der Waals surface area (Å²) in [6, 6.07) is 4.68. The fourth-order valence-corrected chi connectivity index (χ4v) is 2.17. The number of thiol groups is 1. The summed E-state index contributed by atoms with van der Waals surface area (Å²) in [5.41, 5.74) is 1.02. The van der Waals surface area contributed by atoms with E-state index in [-0.39, 0.29) is 11.9 Å². The van der Waals surface area contributed by atoms with Crippen LogP contribution in [0.1, 0.15) is 10.4 Å². The average molecular weight is 300 g/mol. The fraction of sp³-hybridized carbons (Fsp3) is 0.333. The van der Waals surface area contributed by atoms with Gasteiger partial charge in [0.25, 0.3) is 5.91 Å². The minimum atomic E-state index is -0.202. The number of rotatable bonds is 4. The monoisotopic (exact) mass is 299 g/mol. The molecule has 0 bridgehead atoms. The minimum absolute atomic E-state index is 0.199. The zero-order chi connectivity index (χ0) is 13.8. The molecule has 19 heavy (non-hydrogen) atoms. The maximum atomic E-state index is 11.9. The largest absolute Gasteiger partial charge is 0.351 e. The Kier molecular flexibility index (Phi) is 4.55. The van der Waals surface area contributed by atoms with Gasteiger partial charge in [0.2, 0.25) is 0 Å². The lowest BCUT2D eigenvalue weighted by atomic mass is 10.1. The van der Waals surface area contributed by atoms with Crippen LogP contribution in [0.3, 0.4) is 0 Å². The highest BCUT2D eigenvalue weighted by atomic mass is 35.5. The molecule has 1 heterocycles. The first kappa shape index (κ1) is 14.0. The molecule has 102 valence electrons. The maximum absolute atomic E-state index is 11.9. The van der Waals surface area contributed by atoms with E-state index in [9.17, 15) is 9.59 Å². The van der Waals surface area contributed by atoms with Crippen LogP contribution in [0.4, 0.5) is 10.5 Å². The second-order valence-electron chi connectivity index (χ2n) is 4.03. The van der Waals surface area contributed by atoms with Crippen molar-refractivity contribution in [2.75, 3.05) is 30.3 Å². The molecular weight excluding hydrogens is 286 g/mol. The highest BCUT2D eigenvalue weighted by molar-refractivity contribution is 7.80. The summed E-state index contributed by atoms with van der Waals surface area (Å²) < 4.78 is 0. The highest BCUT2D eigenvalue weighted by Crippen LogP contribution is 2.28. The van der Waals surface area contributed by atoms with Crippen molar-refractivity contribution in [3.63, 3.8) is 0 Å². The normalized spacial score (nSPS) is 14.4. The maximum Gasteiger partial charge on any atom is 0.322 e. The molecular formula is C12H14ClN3O2S. The Balaban J connectivity index is 2.24. The topological polar surface area (TPSA) is 61.4 Å². The van der Waals surface area contributed by atoms with Crippen molar-refractivity contribution in [1.29, 1.82) is 0 Å². The summed E-state index contributed by atoms with van der Waals surface area (Å²) in [6.07, 6.45) is 0. The number of hydrogen-bond acceptors (Lipinski definition) is 3. The highest BCUT2D eigenvalue weighted by Gasteiger charge is 2.24. The number of amides is 3. The van der Waals surface area contributed by atoms with Crippen LogP contribution in [0.2, 0.25) is 5.02 Å². The summed E-state index contributed by atoms with van der Waals surface area (Å²) in [4.78, 5) is 25.0. The Hall–Kier alpha value is -1.40. The van der Waals surface area contributed by atoms with E-state index in [0.29, 0.717) is 41.7 Å². The van der Waals surface area contributed by atoms with Gasteiger partial charge in [-0.05, 0) is 18.2 Å². The summed E-state index contributed by atoms with van der Waals surface area (Å²) in [6.45, 7) is 1.61. The van der Waals surface area contributed by atoms with Gasteiger partial charge in [0.15, 0.2) is 0 Å². The number of nitrogens with zero attached hydrogens (tertiary/aromatic N) is 1. The molecule has 1 aromatic rings. The van der Waals surface area contributed by atoms with E-state index in [2.05, 4.69) is 23.3 Å². The Morgan fingerprint density at radius 3 is 2.95 bits per heavy atom. The van der Waals surface area contributed by atoms with Crippen molar-refractivity contribution < 1.29 is 9.59 Å². The molecule has 2 N–H and O–H groups in total. The van der Waals surface area contributed by atoms with Crippen LogP contribution in [0.15, 0.2) is 18.2 Å². The Labute approximate surface area is 121 Å². The van der Waals surface area contributed by atoms with Crippen molar-refractivity contribution in [1.82, 2.24) is 10.6 Å². The first-order valence-corrected chi connectivity index (χ1v) is 6.88. The molecule has 1 aromatic carbocycles. The van der Waals surface area contributed by atoms with Crippen LogP contribution in [-0.2, 0) is 0 Å². The second kappa shape index (κ2) is 6.16. The van der Waals surface area contributed by atoms with Crippen LogP contribution in [0, 0.1) is 0 Å². The molecule has 1 aliphatic rings. The number of carbonyl (C=O) groups is 2. The van der Waals surface area contributed by atoms with Gasteiger partial charge in [0.1, 0.15) is 0 Å². The molecule has 5 nitrogen and oxygen atoms in total. The number of hydrogen-bond donors (Lipinski definition) is 3. The molecule has 7 heteroatoms. The van der Waals surface area contributed by atoms with Crippen LogP contribution < -0.4 is 15.5 Å². The lowest BCUT2D eigenvalue weighted by molar-refractivity contribution is 0.0956. The van der Waals surface area contributed by atoms with Crippen molar-refractivity contribution in [3.05, 3.63) is 28.8 Å². The molecule has 0 unspecified atom stereocenters. The van der Waals surface area contributed by atoms with Crippen molar-refractivity contribution in [2.24, 2.45) is 0 Å². The number of benzene rings is 1. The van der Waals surface area contributed by atoms with Gasteiger partial charge in [-0.2, -0.15) is 12.6 Å². The lowest BCUT2D eigenvalue weighted by Gasteiger charge is -2.17. The number of carbonyl (C=O) groups excluding carboxylic acids is 2. The van der Waals surface area contributed by atoms with Gasteiger partial charge in [-0.25, -0.2) is 4.79 Å². The predicted molar refractivity (Wildman–Crippen MR) is 78.4 cm³/mol. The van der Waals surface area contributed by atoms with Gasteiger partial charge in [-0.3, -0.25) is 9.69 Å². The predicted octanol–water partition coefficient (Wildman–Crippen LogP) is 1.53. The molecule has 3 amide bonds. The van der Waals surface area contributed by atoms with E-state index in [0.717, 1.165) is 0 Å². The molecule has 0 atom stereocenters. The molecule has 0 spiro atoms. The fourth-order valence-electron chi connectivity index (χ4n) is 1.83. The average Bonchev–Trinajstić information content (AvgIpc) is 2.82. The summed E-state index contributed by atoms with van der Waals surface area (Å²) in [5, 5.41) is 5.86. The first-order valence-electron chi connectivity index (χ1n) is 5.87. The number of nitrogens with one attached hydrogen (secondary N) is 2. The van der Waals surface area contributed by atoms with E-state index in [1.54, 1.807) is 18.2 Å². The van der Waals surface area contributed by atoms with E-state index in [4.69, 9.17) is 11.6 Å².